The first-order valence-electron chi connectivity index (χ1n) is 13.1. The lowest BCUT2D eigenvalue weighted by molar-refractivity contribution is 0.122. The van der Waals surface area contributed by atoms with Gasteiger partial charge < -0.3 is 24.6 Å². The molecule has 0 amide bonds. The predicted molar refractivity (Wildman–Crippen MR) is 150 cm³/mol. The summed E-state index contributed by atoms with van der Waals surface area (Å²) in [5.74, 6) is 1.48. The minimum Gasteiger partial charge on any atom is -0.378 e. The van der Waals surface area contributed by atoms with E-state index in [1.807, 2.05) is 16.6 Å². The first-order valence-corrected chi connectivity index (χ1v) is 13.1. The molecule has 0 spiro atoms. The average molecular weight is 508 g/mol. The quantitative estimate of drug-likeness (QED) is 0.376. The van der Waals surface area contributed by atoms with Crippen LogP contribution >= 0.6 is 0 Å². The van der Waals surface area contributed by atoms with Gasteiger partial charge in [0.05, 0.1) is 26.4 Å². The van der Waals surface area contributed by atoms with E-state index in [4.69, 9.17) is 14.6 Å². The van der Waals surface area contributed by atoms with Gasteiger partial charge in [-0.1, -0.05) is 24.3 Å². The van der Waals surface area contributed by atoms with Gasteiger partial charge in [0, 0.05) is 59.6 Å². The Morgan fingerprint density at radius 1 is 0.632 bits per heavy atom. The first kappa shape index (κ1) is 22.9. The Morgan fingerprint density at radius 3 is 1.84 bits per heavy atom. The molecule has 0 aliphatic carbocycles. The summed E-state index contributed by atoms with van der Waals surface area (Å²) in [5.41, 5.74) is 5.07. The highest BCUT2D eigenvalue weighted by atomic mass is 16.5. The van der Waals surface area contributed by atoms with E-state index in [0.29, 0.717) is 5.82 Å². The van der Waals surface area contributed by atoms with Gasteiger partial charge in [-0.3, -0.25) is 0 Å². The van der Waals surface area contributed by atoms with E-state index >= 15 is 0 Å². The van der Waals surface area contributed by atoms with Gasteiger partial charge in [-0.05, 0) is 48.5 Å². The molecule has 9 nitrogen and oxygen atoms in total. The van der Waals surface area contributed by atoms with E-state index in [2.05, 4.69) is 86.0 Å². The maximum atomic E-state index is 5.49. The van der Waals surface area contributed by atoms with Crippen LogP contribution in [0.5, 0.6) is 0 Å². The van der Waals surface area contributed by atoms with Gasteiger partial charge in [0.2, 0.25) is 0 Å². The van der Waals surface area contributed by atoms with Crippen molar-refractivity contribution in [2.45, 2.75) is 0 Å². The minimum absolute atomic E-state index is 0.713. The Balaban J connectivity index is 1.23. The van der Waals surface area contributed by atoms with Crippen LogP contribution < -0.4 is 15.1 Å². The van der Waals surface area contributed by atoms with Crippen LogP contribution in [0.25, 0.3) is 27.8 Å². The number of nitrogens with one attached hydrogen (secondary N) is 1. The van der Waals surface area contributed by atoms with Crippen molar-refractivity contribution in [3.05, 3.63) is 72.8 Å². The topological polar surface area (TPSA) is 80.0 Å². The summed E-state index contributed by atoms with van der Waals surface area (Å²) in [6, 6.07) is 25.1. The van der Waals surface area contributed by atoms with E-state index in [1.54, 1.807) is 0 Å². The molecule has 0 bridgehead atoms. The molecule has 2 aliphatic rings. The Hall–Kier alpha value is -4.21. The van der Waals surface area contributed by atoms with Crippen LogP contribution in [0.4, 0.5) is 22.9 Å². The second kappa shape index (κ2) is 9.92. The molecular weight excluding hydrogens is 478 g/mol. The SMILES string of the molecule is c1ccc2c(c1)c(Nc1ccc(N3CCOCC3)cc1)nn1c(-c3ccc(N4CCOCC4)cc3)nnc21. The van der Waals surface area contributed by atoms with Crippen LogP contribution in [0.2, 0.25) is 0 Å². The minimum atomic E-state index is 0.713. The molecule has 2 aromatic heterocycles. The standard InChI is InChI=1S/C29H29N7O2/c1-2-4-26-25(3-1)27(30-22-7-11-24(12-8-22)35-15-19-38-20-16-35)33-36-28(31-32-29(26)36)21-5-9-23(10-6-21)34-13-17-37-18-14-34/h1-12H,13-20H2,(H,30,33). The monoisotopic (exact) mass is 507 g/mol. The van der Waals surface area contributed by atoms with Crippen LogP contribution in [0.1, 0.15) is 0 Å². The van der Waals surface area contributed by atoms with Crippen molar-refractivity contribution in [3.8, 4) is 11.4 Å². The molecule has 1 N–H and O–H groups in total. The number of hydrogen-bond donors (Lipinski definition) is 1. The fraction of sp³-hybridized carbons (Fsp3) is 0.276. The number of anilines is 4. The number of fused-ring (bicyclic) bond motifs is 3. The summed E-state index contributed by atoms with van der Waals surface area (Å²) >= 11 is 0. The number of rotatable bonds is 5. The van der Waals surface area contributed by atoms with Crippen LogP contribution in [-0.2, 0) is 9.47 Å². The second-order valence-corrected chi connectivity index (χ2v) is 9.57. The smallest absolute Gasteiger partial charge is 0.186 e. The number of ether oxygens (including phenoxy) is 2. The van der Waals surface area contributed by atoms with E-state index < -0.39 is 0 Å². The maximum absolute atomic E-state index is 5.49. The average Bonchev–Trinajstić information content (AvgIpc) is 3.43. The highest BCUT2D eigenvalue weighted by Gasteiger charge is 2.17. The molecule has 7 rings (SSSR count). The second-order valence-electron chi connectivity index (χ2n) is 9.57. The molecule has 2 aliphatic heterocycles. The zero-order valence-corrected chi connectivity index (χ0v) is 21.1. The molecule has 38 heavy (non-hydrogen) atoms. The van der Waals surface area contributed by atoms with Crippen molar-refractivity contribution in [1.82, 2.24) is 19.8 Å². The van der Waals surface area contributed by atoms with Crippen molar-refractivity contribution in [2.24, 2.45) is 0 Å². The van der Waals surface area contributed by atoms with Gasteiger partial charge in [-0.15, -0.1) is 15.3 Å². The third-order valence-corrected chi connectivity index (χ3v) is 7.27. The van der Waals surface area contributed by atoms with Crippen LogP contribution in [0.3, 0.4) is 0 Å². The normalized spacial score (nSPS) is 16.3. The van der Waals surface area contributed by atoms with Gasteiger partial charge in [-0.25, -0.2) is 0 Å². The van der Waals surface area contributed by atoms with E-state index in [0.717, 1.165) is 86.1 Å². The summed E-state index contributed by atoms with van der Waals surface area (Å²) < 4.78 is 12.8. The molecule has 0 unspecified atom stereocenters. The van der Waals surface area contributed by atoms with E-state index in [-0.39, 0.29) is 0 Å². The zero-order valence-electron chi connectivity index (χ0n) is 21.1. The highest BCUT2D eigenvalue weighted by Crippen LogP contribution is 2.30. The summed E-state index contributed by atoms with van der Waals surface area (Å²) in [6.45, 7) is 6.71. The summed E-state index contributed by atoms with van der Waals surface area (Å²) in [4.78, 5) is 4.69. The molecule has 2 fully saturated rings. The van der Waals surface area contributed by atoms with Gasteiger partial charge in [0.15, 0.2) is 17.3 Å². The van der Waals surface area contributed by atoms with Gasteiger partial charge >= 0.3 is 0 Å². The Labute approximate surface area is 220 Å². The number of nitrogens with zero attached hydrogens (tertiary/aromatic N) is 6. The maximum Gasteiger partial charge on any atom is 0.186 e. The molecule has 0 atom stereocenters. The van der Waals surface area contributed by atoms with Crippen LogP contribution in [0.15, 0.2) is 72.8 Å². The first-order chi connectivity index (χ1) is 18.8. The zero-order chi connectivity index (χ0) is 25.3. The molecule has 3 aromatic carbocycles. The van der Waals surface area contributed by atoms with Gasteiger partial charge in [-0.2, -0.15) is 4.52 Å². The van der Waals surface area contributed by atoms with Crippen molar-refractivity contribution in [2.75, 3.05) is 67.7 Å². The van der Waals surface area contributed by atoms with Crippen molar-refractivity contribution < 1.29 is 9.47 Å². The lowest BCUT2D eigenvalue weighted by atomic mass is 10.1. The predicted octanol–water partition coefficient (Wildman–Crippen LogP) is 4.36. The molecule has 4 heterocycles. The summed E-state index contributed by atoms with van der Waals surface area (Å²) in [7, 11) is 0. The molecule has 192 valence electrons. The molecule has 5 aromatic rings. The fourth-order valence-electron chi connectivity index (χ4n) is 5.21. The Bertz CT molecular complexity index is 1550. The van der Waals surface area contributed by atoms with Crippen molar-refractivity contribution >= 4 is 39.3 Å². The van der Waals surface area contributed by atoms with Gasteiger partial charge in [0.1, 0.15) is 0 Å². The molecule has 0 radical (unpaired) electrons. The molecule has 0 saturated carbocycles. The van der Waals surface area contributed by atoms with Crippen LogP contribution in [0, 0.1) is 0 Å². The van der Waals surface area contributed by atoms with E-state index in [9.17, 15) is 0 Å². The largest absolute Gasteiger partial charge is 0.378 e. The fourth-order valence-corrected chi connectivity index (χ4v) is 5.21. The summed E-state index contributed by atoms with van der Waals surface area (Å²) in [6.07, 6.45) is 0. The number of aromatic nitrogens is 4. The third-order valence-electron chi connectivity index (χ3n) is 7.27. The Morgan fingerprint density at radius 2 is 1.21 bits per heavy atom. The number of morpholine rings is 2. The lowest BCUT2D eigenvalue weighted by Crippen LogP contribution is -2.36. The number of benzene rings is 3. The molecule has 9 heteroatoms. The van der Waals surface area contributed by atoms with Crippen molar-refractivity contribution in [1.29, 1.82) is 0 Å². The van der Waals surface area contributed by atoms with Gasteiger partial charge in [0.25, 0.3) is 0 Å². The number of hydrogen-bond acceptors (Lipinski definition) is 8. The summed E-state index contributed by atoms with van der Waals surface area (Å²) in [5, 5.41) is 19.6. The third kappa shape index (κ3) is 4.29. The van der Waals surface area contributed by atoms with Crippen molar-refractivity contribution in [3.63, 3.8) is 0 Å². The van der Waals surface area contributed by atoms with E-state index in [1.165, 1.54) is 11.4 Å². The highest BCUT2D eigenvalue weighted by molar-refractivity contribution is 6.01. The Kier molecular flexibility index (Phi) is 5.99. The molecule has 2 saturated heterocycles. The van der Waals surface area contributed by atoms with Crippen LogP contribution in [-0.4, -0.2) is 72.4 Å². The lowest BCUT2D eigenvalue weighted by Gasteiger charge is -2.29. The molecular formula is C29H29N7O2.